The van der Waals surface area contributed by atoms with E-state index in [0.29, 0.717) is 0 Å². The number of hydrogen-bond acceptors (Lipinski definition) is 2. The molecule has 1 aliphatic heterocycles. The van der Waals surface area contributed by atoms with Crippen LogP contribution in [0.1, 0.15) is 22.3 Å². The molecule has 0 bridgehead atoms. The Balaban J connectivity index is 1.55. The second kappa shape index (κ2) is 10.0. The molecule has 1 aliphatic rings. The van der Waals surface area contributed by atoms with Gasteiger partial charge < -0.3 is 5.32 Å². The van der Waals surface area contributed by atoms with Crippen molar-refractivity contribution in [2.45, 2.75) is 5.54 Å². The molecule has 5 aromatic carbocycles. The van der Waals surface area contributed by atoms with Crippen molar-refractivity contribution in [3.63, 3.8) is 0 Å². The van der Waals surface area contributed by atoms with E-state index in [0.717, 1.165) is 38.3 Å². The van der Waals surface area contributed by atoms with Crippen LogP contribution in [0.25, 0.3) is 16.8 Å². The third-order valence-electron chi connectivity index (χ3n) is 6.72. The van der Waals surface area contributed by atoms with Crippen molar-refractivity contribution in [2.24, 2.45) is 4.99 Å². The van der Waals surface area contributed by atoms with Crippen molar-refractivity contribution in [3.8, 4) is 11.1 Å². The van der Waals surface area contributed by atoms with Gasteiger partial charge in [-0.25, -0.2) is 4.99 Å². The fourth-order valence-corrected chi connectivity index (χ4v) is 5.25. The Morgan fingerprint density at radius 2 is 1.05 bits per heavy atom. The van der Waals surface area contributed by atoms with Crippen molar-refractivity contribution in [1.29, 1.82) is 0 Å². The van der Waals surface area contributed by atoms with E-state index in [1.807, 2.05) is 18.2 Å². The Kier molecular flexibility index (Phi) is 6.30. The van der Waals surface area contributed by atoms with Gasteiger partial charge in [0.15, 0.2) is 0 Å². The second-order valence-corrected chi connectivity index (χ2v) is 10.0. The number of amidine groups is 1. The molecule has 1 heterocycles. The van der Waals surface area contributed by atoms with Gasteiger partial charge in [0.1, 0.15) is 11.4 Å². The van der Waals surface area contributed by atoms with Crippen LogP contribution in [-0.2, 0) is 5.54 Å². The van der Waals surface area contributed by atoms with Crippen molar-refractivity contribution in [3.05, 3.63) is 172 Å². The molecule has 37 heavy (non-hydrogen) atoms. The third kappa shape index (κ3) is 4.66. The number of nitrogens with zero attached hydrogens (tertiary/aromatic N) is 1. The Bertz CT molecular complexity index is 1570. The molecule has 0 aliphatic carbocycles. The summed E-state index contributed by atoms with van der Waals surface area (Å²) in [7, 11) is 0. The summed E-state index contributed by atoms with van der Waals surface area (Å²) in [6, 6.07) is 48.5. The summed E-state index contributed by atoms with van der Waals surface area (Å²) in [4.78, 5) is 5.41. The quantitative estimate of drug-likeness (QED) is 0.237. The number of hydrogen-bond donors (Lipinski definition) is 1. The lowest BCUT2D eigenvalue weighted by molar-refractivity contribution is 0.671. The Hall–Kier alpha value is -4.21. The number of nitrogens with one attached hydrogen (secondary N) is 1. The smallest absolute Gasteiger partial charge is 0.134 e. The van der Waals surface area contributed by atoms with E-state index in [2.05, 4.69) is 149 Å². The lowest BCUT2D eigenvalue weighted by atomic mass is 9.80. The summed E-state index contributed by atoms with van der Waals surface area (Å²) in [6.07, 6.45) is 2.26. The maximum Gasteiger partial charge on any atom is 0.134 e. The third-order valence-corrected chi connectivity index (χ3v) is 7.22. The topological polar surface area (TPSA) is 24.4 Å². The fraction of sp³-hybridized carbons (Fsp3) is 0.0294. The minimum atomic E-state index is -0.700. The molecule has 0 amide bonds. The lowest BCUT2D eigenvalue weighted by Crippen LogP contribution is -2.36. The number of halogens is 1. The van der Waals surface area contributed by atoms with Gasteiger partial charge in [0, 0.05) is 15.7 Å². The van der Waals surface area contributed by atoms with E-state index in [4.69, 9.17) is 4.99 Å². The average Bonchev–Trinajstić information content (AvgIpc) is 2.98. The normalized spacial score (nSPS) is 16.9. The Labute approximate surface area is 226 Å². The van der Waals surface area contributed by atoms with E-state index in [-0.39, 0.29) is 0 Å². The minimum Gasteiger partial charge on any atom is -0.340 e. The summed E-state index contributed by atoms with van der Waals surface area (Å²) < 4.78 is 1.03. The predicted octanol–water partition coefficient (Wildman–Crippen LogP) is 8.45. The number of aliphatic imine (C=N–C) groups is 1. The standard InChI is InChI=1S/C34H25BrN2/c35-31-18-10-17-30(23-31)34(29-15-8-3-9-16-29)24-32(36-33(37-34)28-13-6-2-7-14-28)27-21-19-26(20-22-27)25-11-4-1-5-12-25/h1-24H,(H,36,37). The van der Waals surface area contributed by atoms with Crippen LogP contribution in [0.5, 0.6) is 0 Å². The summed E-state index contributed by atoms with van der Waals surface area (Å²) in [5.74, 6) is 0.842. The largest absolute Gasteiger partial charge is 0.340 e. The first-order valence-electron chi connectivity index (χ1n) is 12.3. The molecule has 6 rings (SSSR count). The van der Waals surface area contributed by atoms with E-state index >= 15 is 0 Å². The first-order valence-corrected chi connectivity index (χ1v) is 13.1. The van der Waals surface area contributed by atoms with E-state index in [9.17, 15) is 0 Å². The van der Waals surface area contributed by atoms with E-state index in [1.54, 1.807) is 0 Å². The van der Waals surface area contributed by atoms with Crippen LogP contribution >= 0.6 is 15.9 Å². The predicted molar refractivity (Wildman–Crippen MR) is 157 cm³/mol. The Morgan fingerprint density at radius 1 is 0.514 bits per heavy atom. The van der Waals surface area contributed by atoms with Gasteiger partial charge in [-0.3, -0.25) is 0 Å². The maximum absolute atomic E-state index is 5.41. The molecule has 1 atom stereocenters. The van der Waals surface area contributed by atoms with Gasteiger partial charge in [0.2, 0.25) is 0 Å². The van der Waals surface area contributed by atoms with Crippen molar-refractivity contribution in [1.82, 2.24) is 5.32 Å². The van der Waals surface area contributed by atoms with E-state index < -0.39 is 5.54 Å². The van der Waals surface area contributed by atoms with Crippen LogP contribution in [0, 0.1) is 0 Å². The highest BCUT2D eigenvalue weighted by atomic mass is 79.9. The minimum absolute atomic E-state index is 0.700. The highest BCUT2D eigenvalue weighted by Gasteiger charge is 2.36. The first kappa shape index (κ1) is 23.2. The highest BCUT2D eigenvalue weighted by Crippen LogP contribution is 2.41. The van der Waals surface area contributed by atoms with Gasteiger partial charge in [-0.05, 0) is 46.0 Å². The van der Waals surface area contributed by atoms with Gasteiger partial charge >= 0.3 is 0 Å². The molecule has 1 N–H and O–H groups in total. The monoisotopic (exact) mass is 540 g/mol. The molecule has 5 aromatic rings. The number of benzene rings is 5. The molecular weight excluding hydrogens is 516 g/mol. The summed E-state index contributed by atoms with van der Waals surface area (Å²) in [6.45, 7) is 0. The molecular formula is C34H25BrN2. The molecule has 3 heteroatoms. The van der Waals surface area contributed by atoms with Crippen LogP contribution in [0.4, 0.5) is 0 Å². The SMILES string of the molecule is Brc1cccc(C2(c3ccccc3)C=C(c3ccc(-c4ccccc4)cc3)NC(c3ccccc3)=N2)c1. The molecule has 0 saturated carbocycles. The lowest BCUT2D eigenvalue weighted by Gasteiger charge is -2.34. The molecule has 0 radical (unpaired) electrons. The fourth-order valence-electron chi connectivity index (χ4n) is 4.85. The first-order chi connectivity index (χ1) is 18.2. The molecule has 0 aromatic heterocycles. The second-order valence-electron chi connectivity index (χ2n) is 9.10. The van der Waals surface area contributed by atoms with Crippen LogP contribution in [0.15, 0.2) is 155 Å². The zero-order chi connectivity index (χ0) is 25.1. The zero-order valence-electron chi connectivity index (χ0n) is 20.2. The maximum atomic E-state index is 5.41. The van der Waals surface area contributed by atoms with Crippen molar-refractivity contribution < 1.29 is 0 Å². The van der Waals surface area contributed by atoms with Crippen LogP contribution < -0.4 is 5.32 Å². The van der Waals surface area contributed by atoms with Gasteiger partial charge in [-0.15, -0.1) is 0 Å². The van der Waals surface area contributed by atoms with Crippen molar-refractivity contribution >= 4 is 27.5 Å². The average molecular weight is 541 g/mol. The van der Waals surface area contributed by atoms with Crippen LogP contribution in [0.3, 0.4) is 0 Å². The molecule has 0 fully saturated rings. The van der Waals surface area contributed by atoms with Gasteiger partial charge in [-0.1, -0.05) is 143 Å². The number of rotatable bonds is 5. The van der Waals surface area contributed by atoms with Crippen LogP contribution in [0.2, 0.25) is 0 Å². The Morgan fingerprint density at radius 3 is 1.70 bits per heavy atom. The summed E-state index contributed by atoms with van der Waals surface area (Å²) >= 11 is 3.69. The molecule has 178 valence electrons. The molecule has 0 saturated heterocycles. The van der Waals surface area contributed by atoms with E-state index in [1.165, 1.54) is 11.1 Å². The molecule has 1 unspecified atom stereocenters. The zero-order valence-corrected chi connectivity index (χ0v) is 21.8. The molecule has 0 spiro atoms. The van der Waals surface area contributed by atoms with Gasteiger partial charge in [0.25, 0.3) is 0 Å². The van der Waals surface area contributed by atoms with Gasteiger partial charge in [0.05, 0.1) is 0 Å². The van der Waals surface area contributed by atoms with Gasteiger partial charge in [-0.2, -0.15) is 0 Å². The van der Waals surface area contributed by atoms with Crippen molar-refractivity contribution in [2.75, 3.05) is 0 Å². The summed E-state index contributed by atoms with van der Waals surface area (Å²) in [5.41, 5.74) is 7.09. The highest BCUT2D eigenvalue weighted by molar-refractivity contribution is 9.10. The van der Waals surface area contributed by atoms with Crippen LogP contribution in [-0.4, -0.2) is 5.84 Å². The summed E-state index contributed by atoms with van der Waals surface area (Å²) in [5, 5.41) is 3.65. The molecule has 2 nitrogen and oxygen atoms in total.